The molecule has 1 heterocycles. The van der Waals surface area contributed by atoms with Crippen molar-refractivity contribution in [1.82, 2.24) is 15.1 Å². The Morgan fingerprint density at radius 1 is 1.48 bits per heavy atom. The fraction of sp³-hybridized carbons (Fsp3) is 0.733. The Morgan fingerprint density at radius 2 is 2.19 bits per heavy atom. The molecule has 0 aromatic carbocycles. The zero-order valence-corrected chi connectivity index (χ0v) is 12.9. The highest BCUT2D eigenvalue weighted by molar-refractivity contribution is 5.88. The molecule has 0 bridgehead atoms. The summed E-state index contributed by atoms with van der Waals surface area (Å²) in [6, 6.07) is 2.10. The second kappa shape index (κ2) is 7.45. The molecule has 0 saturated heterocycles. The Bertz CT molecular complexity index is 452. The molecule has 2 rings (SSSR count). The zero-order chi connectivity index (χ0) is 15.2. The largest absolute Gasteiger partial charge is 0.396 e. The third kappa shape index (κ3) is 4.20. The van der Waals surface area contributed by atoms with Gasteiger partial charge in [0.1, 0.15) is 5.82 Å². The lowest BCUT2D eigenvalue weighted by Crippen LogP contribution is -2.40. The van der Waals surface area contributed by atoms with E-state index >= 15 is 0 Å². The van der Waals surface area contributed by atoms with Crippen LogP contribution >= 0.6 is 0 Å². The van der Waals surface area contributed by atoms with Crippen molar-refractivity contribution >= 4 is 11.8 Å². The smallest absolute Gasteiger partial charge is 0.320 e. The van der Waals surface area contributed by atoms with E-state index in [9.17, 15) is 4.79 Å². The number of urea groups is 1. The molecule has 6 nitrogen and oxygen atoms in total. The molecule has 1 saturated carbocycles. The van der Waals surface area contributed by atoms with Gasteiger partial charge in [0.05, 0.1) is 12.2 Å². The number of aliphatic hydroxyl groups is 1. The first-order valence-corrected chi connectivity index (χ1v) is 7.85. The normalized spacial score (nSPS) is 23.6. The molecule has 6 heteroatoms. The van der Waals surface area contributed by atoms with Gasteiger partial charge in [0.25, 0.3) is 0 Å². The highest BCUT2D eigenvalue weighted by Crippen LogP contribution is 2.24. The molecule has 1 aromatic heterocycles. The Morgan fingerprint density at radius 3 is 2.81 bits per heavy atom. The van der Waals surface area contributed by atoms with Crippen molar-refractivity contribution in [3.63, 3.8) is 0 Å². The minimum atomic E-state index is -0.174. The van der Waals surface area contributed by atoms with Crippen LogP contribution in [0, 0.1) is 5.92 Å². The first-order valence-electron chi connectivity index (χ1n) is 7.85. The van der Waals surface area contributed by atoms with Gasteiger partial charge in [0.2, 0.25) is 0 Å². The summed E-state index contributed by atoms with van der Waals surface area (Å²) in [6.45, 7) is 4.43. The van der Waals surface area contributed by atoms with E-state index in [1.165, 1.54) is 0 Å². The number of rotatable bonds is 5. The summed E-state index contributed by atoms with van der Waals surface area (Å²) in [4.78, 5) is 12.1. The van der Waals surface area contributed by atoms with Crippen LogP contribution in [0.5, 0.6) is 0 Å². The van der Waals surface area contributed by atoms with E-state index in [0.29, 0.717) is 5.92 Å². The first kappa shape index (κ1) is 15.8. The fourth-order valence-corrected chi connectivity index (χ4v) is 2.76. The molecular formula is C15H26N4O2. The topological polar surface area (TPSA) is 79.2 Å². The summed E-state index contributed by atoms with van der Waals surface area (Å²) < 4.78 is 1.84. The van der Waals surface area contributed by atoms with Crippen molar-refractivity contribution in [2.75, 3.05) is 11.9 Å². The Labute approximate surface area is 125 Å². The molecule has 2 amide bonds. The van der Waals surface area contributed by atoms with Gasteiger partial charge in [-0.25, -0.2) is 9.48 Å². The lowest BCUT2D eigenvalue weighted by atomic mass is 9.87. The van der Waals surface area contributed by atoms with E-state index in [-0.39, 0.29) is 24.7 Å². The molecule has 1 atom stereocenters. The number of aromatic nitrogens is 2. The number of amides is 2. The van der Waals surface area contributed by atoms with Crippen LogP contribution in [-0.4, -0.2) is 33.6 Å². The van der Waals surface area contributed by atoms with Gasteiger partial charge in [0.15, 0.2) is 0 Å². The second-order valence-electron chi connectivity index (χ2n) is 5.92. The van der Waals surface area contributed by atoms with Gasteiger partial charge in [-0.15, -0.1) is 0 Å². The van der Waals surface area contributed by atoms with Crippen LogP contribution in [0.15, 0.2) is 12.3 Å². The molecule has 1 aliphatic carbocycles. The molecule has 0 aliphatic heterocycles. The number of carbonyl (C=O) groups excluding carboxylic acids is 1. The predicted octanol–water partition coefficient (Wildman–Crippen LogP) is 2.53. The molecule has 1 fully saturated rings. The maximum absolute atomic E-state index is 12.1. The monoisotopic (exact) mass is 294 g/mol. The molecule has 1 unspecified atom stereocenters. The molecular weight excluding hydrogens is 268 g/mol. The summed E-state index contributed by atoms with van der Waals surface area (Å²) in [5.41, 5.74) is 0. The van der Waals surface area contributed by atoms with Gasteiger partial charge < -0.3 is 10.4 Å². The fourth-order valence-electron chi connectivity index (χ4n) is 2.76. The lowest BCUT2D eigenvalue weighted by molar-refractivity contribution is 0.176. The van der Waals surface area contributed by atoms with Crippen LogP contribution in [0.2, 0.25) is 0 Å². The average Bonchev–Trinajstić information content (AvgIpc) is 2.95. The third-order valence-corrected chi connectivity index (χ3v) is 4.36. The van der Waals surface area contributed by atoms with Gasteiger partial charge in [-0.3, -0.25) is 5.32 Å². The number of aliphatic hydroxyl groups excluding tert-OH is 1. The van der Waals surface area contributed by atoms with Crippen LogP contribution in [0.3, 0.4) is 0 Å². The molecule has 21 heavy (non-hydrogen) atoms. The minimum Gasteiger partial charge on any atom is -0.396 e. The van der Waals surface area contributed by atoms with Gasteiger partial charge in [0, 0.05) is 18.7 Å². The van der Waals surface area contributed by atoms with Crippen LogP contribution in [0.4, 0.5) is 10.6 Å². The molecule has 0 radical (unpaired) electrons. The number of hydrogen-bond donors (Lipinski definition) is 3. The van der Waals surface area contributed by atoms with E-state index in [1.54, 1.807) is 6.20 Å². The van der Waals surface area contributed by atoms with Gasteiger partial charge in [-0.05, 0) is 44.9 Å². The molecule has 3 N–H and O–H groups in total. The highest BCUT2D eigenvalue weighted by atomic mass is 16.3. The number of carbonyl (C=O) groups is 1. The van der Waals surface area contributed by atoms with Crippen LogP contribution in [0.25, 0.3) is 0 Å². The standard InChI is InChI=1S/C15H26N4O2/c1-3-11(2)19-14(8-9-16-19)18-15(21)17-13-6-4-12(10-20)5-7-13/h8-9,11-13,20H,3-7,10H2,1-2H3,(H2,17,18,21). The van der Waals surface area contributed by atoms with Gasteiger partial charge >= 0.3 is 6.03 Å². The maximum Gasteiger partial charge on any atom is 0.320 e. The van der Waals surface area contributed by atoms with Crippen molar-refractivity contribution in [1.29, 1.82) is 0 Å². The van der Waals surface area contributed by atoms with Crippen molar-refractivity contribution in [2.24, 2.45) is 5.92 Å². The van der Waals surface area contributed by atoms with Gasteiger partial charge in [-0.1, -0.05) is 6.92 Å². The third-order valence-electron chi connectivity index (χ3n) is 4.36. The number of hydrogen-bond acceptors (Lipinski definition) is 3. The zero-order valence-electron chi connectivity index (χ0n) is 12.9. The van der Waals surface area contributed by atoms with Crippen molar-refractivity contribution in [3.05, 3.63) is 12.3 Å². The van der Waals surface area contributed by atoms with Crippen LogP contribution < -0.4 is 10.6 Å². The van der Waals surface area contributed by atoms with Crippen molar-refractivity contribution in [3.8, 4) is 0 Å². The Kier molecular flexibility index (Phi) is 5.61. The quantitative estimate of drug-likeness (QED) is 0.780. The number of nitrogens with zero attached hydrogens (tertiary/aromatic N) is 2. The molecule has 118 valence electrons. The van der Waals surface area contributed by atoms with Crippen LogP contribution in [0.1, 0.15) is 52.0 Å². The Balaban J connectivity index is 1.84. The molecule has 0 spiro atoms. The van der Waals surface area contributed by atoms with E-state index in [2.05, 4.69) is 29.6 Å². The van der Waals surface area contributed by atoms with E-state index < -0.39 is 0 Å². The van der Waals surface area contributed by atoms with Crippen molar-refractivity contribution in [2.45, 2.75) is 58.0 Å². The SMILES string of the molecule is CCC(C)n1nccc1NC(=O)NC1CCC(CO)CC1. The molecule has 1 aliphatic rings. The first-order chi connectivity index (χ1) is 10.1. The van der Waals surface area contributed by atoms with E-state index in [0.717, 1.165) is 37.9 Å². The van der Waals surface area contributed by atoms with E-state index in [1.807, 2.05) is 10.7 Å². The minimum absolute atomic E-state index is 0.174. The summed E-state index contributed by atoms with van der Waals surface area (Å²) in [5, 5.41) is 19.3. The lowest BCUT2D eigenvalue weighted by Gasteiger charge is -2.28. The summed E-state index contributed by atoms with van der Waals surface area (Å²) >= 11 is 0. The van der Waals surface area contributed by atoms with Crippen molar-refractivity contribution < 1.29 is 9.90 Å². The summed E-state index contributed by atoms with van der Waals surface area (Å²) in [5.74, 6) is 1.13. The van der Waals surface area contributed by atoms with E-state index in [4.69, 9.17) is 5.11 Å². The highest BCUT2D eigenvalue weighted by Gasteiger charge is 2.22. The van der Waals surface area contributed by atoms with Crippen LogP contribution in [-0.2, 0) is 0 Å². The molecule has 1 aromatic rings. The van der Waals surface area contributed by atoms with Gasteiger partial charge in [-0.2, -0.15) is 5.10 Å². The Hall–Kier alpha value is -1.56. The summed E-state index contributed by atoms with van der Waals surface area (Å²) in [7, 11) is 0. The number of nitrogens with one attached hydrogen (secondary N) is 2. The maximum atomic E-state index is 12.1. The predicted molar refractivity (Wildman–Crippen MR) is 82.2 cm³/mol. The second-order valence-corrected chi connectivity index (χ2v) is 5.92. The average molecular weight is 294 g/mol. The number of anilines is 1. The summed E-state index contributed by atoms with van der Waals surface area (Å²) in [6.07, 6.45) is 6.49.